The Morgan fingerprint density at radius 1 is 1.03 bits per heavy atom. The monoisotopic (exact) mass is 453 g/mol. The maximum absolute atomic E-state index is 11.0. The number of thiazole rings is 1. The Morgan fingerprint density at radius 2 is 1.81 bits per heavy atom. The highest BCUT2D eigenvalue weighted by Crippen LogP contribution is 2.40. The first-order chi connectivity index (χ1) is 15.0. The zero-order valence-corrected chi connectivity index (χ0v) is 19.1. The molecule has 1 fully saturated rings. The smallest absolute Gasteiger partial charge is 0.230 e. The molecule has 4 aromatic rings. The van der Waals surface area contributed by atoms with Crippen LogP contribution in [0.3, 0.4) is 0 Å². The average Bonchev–Trinajstić information content (AvgIpc) is 3.26. The number of hydrogen-bond acceptors (Lipinski definition) is 6. The van der Waals surface area contributed by atoms with Gasteiger partial charge in [-0.1, -0.05) is 58.8 Å². The van der Waals surface area contributed by atoms with Crippen molar-refractivity contribution in [1.29, 1.82) is 0 Å². The van der Waals surface area contributed by atoms with Crippen molar-refractivity contribution in [1.82, 2.24) is 19.5 Å². The molecule has 3 heterocycles. The number of piperazine rings is 1. The van der Waals surface area contributed by atoms with Crippen LogP contribution in [-0.4, -0.2) is 50.8 Å². The van der Waals surface area contributed by atoms with Crippen LogP contribution >= 0.6 is 22.9 Å². The fourth-order valence-electron chi connectivity index (χ4n) is 4.31. The number of rotatable bonds is 4. The number of aromatic hydroxyl groups is 1. The summed E-state index contributed by atoms with van der Waals surface area (Å²) in [6, 6.07) is 16.5. The lowest BCUT2D eigenvalue weighted by Crippen LogP contribution is -2.47. The van der Waals surface area contributed by atoms with Crippen LogP contribution in [0, 0.1) is 13.8 Å². The second-order valence-electron chi connectivity index (χ2n) is 7.96. The zero-order valence-electron chi connectivity index (χ0n) is 17.5. The van der Waals surface area contributed by atoms with Gasteiger partial charge in [-0.2, -0.15) is 4.52 Å². The molecule has 0 amide bonds. The molecule has 0 radical (unpaired) electrons. The van der Waals surface area contributed by atoms with Crippen LogP contribution in [0.25, 0.3) is 4.96 Å². The van der Waals surface area contributed by atoms with Gasteiger partial charge >= 0.3 is 0 Å². The van der Waals surface area contributed by atoms with E-state index in [2.05, 4.69) is 57.1 Å². The summed E-state index contributed by atoms with van der Waals surface area (Å²) in [4.78, 5) is 10.9. The van der Waals surface area contributed by atoms with Crippen LogP contribution in [0.2, 0.25) is 5.02 Å². The lowest BCUT2D eigenvalue weighted by atomic mass is 10.0. The van der Waals surface area contributed by atoms with Crippen molar-refractivity contribution in [3.63, 3.8) is 0 Å². The minimum atomic E-state index is -0.0461. The molecule has 31 heavy (non-hydrogen) atoms. The van der Waals surface area contributed by atoms with E-state index in [9.17, 15) is 5.11 Å². The van der Waals surface area contributed by atoms with Gasteiger partial charge in [-0.15, -0.1) is 5.10 Å². The summed E-state index contributed by atoms with van der Waals surface area (Å²) in [7, 11) is 0. The Bertz CT molecular complexity index is 1230. The number of anilines is 1. The molecule has 1 aliphatic rings. The van der Waals surface area contributed by atoms with Crippen molar-refractivity contribution in [3.8, 4) is 5.88 Å². The van der Waals surface area contributed by atoms with Gasteiger partial charge in [0.25, 0.3) is 0 Å². The van der Waals surface area contributed by atoms with Crippen LogP contribution in [0.15, 0.2) is 48.5 Å². The number of aryl methyl sites for hydroxylation is 2. The van der Waals surface area contributed by atoms with E-state index in [1.54, 1.807) is 4.52 Å². The Labute approximate surface area is 190 Å². The molecule has 1 saturated heterocycles. The molecule has 1 aliphatic heterocycles. The molecule has 1 N–H and O–H groups in total. The Kier molecular flexibility index (Phi) is 5.33. The van der Waals surface area contributed by atoms with Crippen molar-refractivity contribution in [2.24, 2.45) is 0 Å². The van der Waals surface area contributed by atoms with Gasteiger partial charge in [0.15, 0.2) is 0 Å². The van der Waals surface area contributed by atoms with Gasteiger partial charge in [0, 0.05) is 36.9 Å². The molecule has 2 aromatic heterocycles. The molecule has 0 bridgehead atoms. The molecule has 2 aromatic carbocycles. The Morgan fingerprint density at radius 3 is 2.52 bits per heavy atom. The fourth-order valence-corrected chi connectivity index (χ4v) is 5.65. The summed E-state index contributed by atoms with van der Waals surface area (Å²) in [5.74, 6) is 0.847. The minimum Gasteiger partial charge on any atom is -0.492 e. The van der Waals surface area contributed by atoms with Crippen molar-refractivity contribution < 1.29 is 5.11 Å². The number of aromatic nitrogens is 3. The number of hydrogen-bond donors (Lipinski definition) is 1. The predicted molar refractivity (Wildman–Crippen MR) is 126 cm³/mol. The highest BCUT2D eigenvalue weighted by atomic mass is 35.5. The quantitative estimate of drug-likeness (QED) is 0.486. The number of fused-ring (bicyclic) bond motifs is 1. The summed E-state index contributed by atoms with van der Waals surface area (Å²) < 4.78 is 1.56. The summed E-state index contributed by atoms with van der Waals surface area (Å²) in [6.45, 7) is 7.47. The lowest BCUT2D eigenvalue weighted by Gasteiger charge is -2.40. The van der Waals surface area contributed by atoms with Gasteiger partial charge in [-0.25, -0.2) is 4.98 Å². The highest BCUT2D eigenvalue weighted by molar-refractivity contribution is 7.17. The molecular weight excluding hydrogens is 430 g/mol. The molecule has 6 nitrogen and oxygen atoms in total. The van der Waals surface area contributed by atoms with Gasteiger partial charge in [0.05, 0.1) is 10.9 Å². The minimum absolute atomic E-state index is 0.0461. The molecule has 8 heteroatoms. The SMILES string of the molecule is Cc1cccc([C@@H](c2sc3nc(C)nn3c2O)N2CCN(c3cccc(Cl)c3)CC2)c1. The summed E-state index contributed by atoms with van der Waals surface area (Å²) in [5, 5.41) is 16.1. The van der Waals surface area contributed by atoms with E-state index in [4.69, 9.17) is 11.6 Å². The van der Waals surface area contributed by atoms with E-state index < -0.39 is 0 Å². The number of benzene rings is 2. The lowest BCUT2D eigenvalue weighted by molar-refractivity contribution is 0.211. The third-order valence-electron chi connectivity index (χ3n) is 5.76. The molecule has 0 saturated carbocycles. The molecule has 1 atom stereocenters. The van der Waals surface area contributed by atoms with Crippen LogP contribution in [0.1, 0.15) is 27.9 Å². The molecule has 0 spiro atoms. The van der Waals surface area contributed by atoms with E-state index in [0.29, 0.717) is 5.82 Å². The maximum atomic E-state index is 11.0. The Hall–Kier alpha value is -2.61. The molecule has 0 aliphatic carbocycles. The van der Waals surface area contributed by atoms with Crippen LogP contribution < -0.4 is 4.90 Å². The van der Waals surface area contributed by atoms with Gasteiger partial charge in [0.1, 0.15) is 5.82 Å². The molecular formula is C23H24ClN5OS. The zero-order chi connectivity index (χ0) is 21.5. The summed E-state index contributed by atoms with van der Waals surface area (Å²) in [6.07, 6.45) is 0. The normalized spacial score (nSPS) is 16.2. The van der Waals surface area contributed by atoms with E-state index in [1.165, 1.54) is 22.5 Å². The maximum Gasteiger partial charge on any atom is 0.230 e. The van der Waals surface area contributed by atoms with Crippen molar-refractivity contribution in [2.45, 2.75) is 19.9 Å². The number of nitrogens with zero attached hydrogens (tertiary/aromatic N) is 5. The summed E-state index contributed by atoms with van der Waals surface area (Å²) in [5.41, 5.74) is 3.53. The fraction of sp³-hybridized carbons (Fsp3) is 0.304. The first-order valence-electron chi connectivity index (χ1n) is 10.4. The van der Waals surface area contributed by atoms with Gasteiger partial charge in [-0.05, 0) is 37.6 Å². The van der Waals surface area contributed by atoms with E-state index in [0.717, 1.165) is 46.7 Å². The second-order valence-corrected chi connectivity index (χ2v) is 9.41. The summed E-state index contributed by atoms with van der Waals surface area (Å²) >= 11 is 7.71. The van der Waals surface area contributed by atoms with Crippen LogP contribution in [0.4, 0.5) is 5.69 Å². The van der Waals surface area contributed by atoms with Crippen LogP contribution in [-0.2, 0) is 0 Å². The first-order valence-corrected chi connectivity index (χ1v) is 11.6. The Balaban J connectivity index is 1.48. The van der Waals surface area contributed by atoms with E-state index in [-0.39, 0.29) is 11.9 Å². The van der Waals surface area contributed by atoms with Crippen molar-refractivity contribution in [2.75, 3.05) is 31.1 Å². The number of halogens is 1. The van der Waals surface area contributed by atoms with Gasteiger partial charge < -0.3 is 10.0 Å². The standard InChI is InChI=1S/C23H24ClN5OS/c1-15-5-3-6-17(13-15)20(21-22(30)29-23(31-21)25-16(2)26-29)28-11-9-27(10-12-28)19-8-4-7-18(24)14-19/h3-8,13-14,20,30H,9-12H2,1-2H3/t20-/m0/s1. The molecule has 160 valence electrons. The van der Waals surface area contributed by atoms with E-state index >= 15 is 0 Å². The van der Waals surface area contributed by atoms with Crippen molar-refractivity contribution >= 4 is 33.6 Å². The van der Waals surface area contributed by atoms with E-state index in [1.807, 2.05) is 25.1 Å². The highest BCUT2D eigenvalue weighted by Gasteiger charge is 2.31. The third-order valence-corrected chi connectivity index (χ3v) is 7.07. The second kappa shape index (κ2) is 8.15. The topological polar surface area (TPSA) is 56.9 Å². The van der Waals surface area contributed by atoms with Crippen molar-refractivity contribution in [3.05, 3.63) is 75.4 Å². The van der Waals surface area contributed by atoms with Crippen LogP contribution in [0.5, 0.6) is 5.88 Å². The molecule has 5 rings (SSSR count). The average molecular weight is 454 g/mol. The van der Waals surface area contributed by atoms with Gasteiger partial charge in [-0.3, -0.25) is 4.90 Å². The third kappa shape index (κ3) is 3.89. The van der Waals surface area contributed by atoms with Gasteiger partial charge in [0.2, 0.25) is 10.8 Å². The first kappa shape index (κ1) is 20.3. The predicted octanol–water partition coefficient (Wildman–Crippen LogP) is 4.68. The largest absolute Gasteiger partial charge is 0.492 e. The molecule has 0 unspecified atom stereocenters.